The second kappa shape index (κ2) is 6.61. The molecule has 2 amide bonds. The zero-order chi connectivity index (χ0) is 15.4. The molecule has 0 fully saturated rings. The van der Waals surface area contributed by atoms with E-state index in [2.05, 4.69) is 17.4 Å². The van der Waals surface area contributed by atoms with Crippen molar-refractivity contribution in [1.29, 1.82) is 0 Å². The maximum atomic E-state index is 12.2. The molecule has 0 saturated carbocycles. The molecule has 0 unspecified atom stereocenters. The summed E-state index contributed by atoms with van der Waals surface area (Å²) < 4.78 is 5.03. The Hall–Kier alpha value is -2.04. The van der Waals surface area contributed by atoms with Crippen molar-refractivity contribution in [2.75, 3.05) is 18.0 Å². The largest absolute Gasteiger partial charge is 0.463 e. The number of hydrogen-bond acceptors (Lipinski definition) is 3. The van der Waals surface area contributed by atoms with E-state index in [1.54, 1.807) is 18.7 Å². The first-order valence-electron chi connectivity index (χ1n) is 7.31. The van der Waals surface area contributed by atoms with Crippen LogP contribution in [0.15, 0.2) is 18.2 Å². The van der Waals surface area contributed by atoms with Crippen molar-refractivity contribution in [2.45, 2.75) is 39.7 Å². The molecule has 0 aromatic heterocycles. The van der Waals surface area contributed by atoms with E-state index in [4.69, 9.17) is 4.74 Å². The minimum absolute atomic E-state index is 0.123. The first-order chi connectivity index (χ1) is 9.97. The van der Waals surface area contributed by atoms with Crippen LogP contribution >= 0.6 is 0 Å². The predicted octanol–water partition coefficient (Wildman–Crippen LogP) is 2.41. The van der Waals surface area contributed by atoms with E-state index in [-0.39, 0.29) is 24.5 Å². The molecule has 1 aliphatic heterocycles. The number of anilines is 1. The summed E-state index contributed by atoms with van der Waals surface area (Å²) in [6, 6.07) is 5.99. The molecule has 5 nitrogen and oxygen atoms in total. The SMILES string of the molecule is Cc1ccc2c(c1)N(C(=O)NCCC(=O)OC(C)C)CC2. The Kier molecular flexibility index (Phi) is 4.83. The van der Waals surface area contributed by atoms with E-state index in [1.807, 2.05) is 13.0 Å². The van der Waals surface area contributed by atoms with Gasteiger partial charge in [-0.05, 0) is 44.4 Å². The third-order valence-electron chi connectivity index (χ3n) is 3.35. The van der Waals surface area contributed by atoms with Crippen molar-refractivity contribution in [1.82, 2.24) is 5.32 Å². The second-order valence-corrected chi connectivity index (χ2v) is 5.55. The number of carbonyl (C=O) groups is 2. The minimum atomic E-state index is -0.289. The molecule has 21 heavy (non-hydrogen) atoms. The van der Waals surface area contributed by atoms with Gasteiger partial charge in [0.15, 0.2) is 0 Å². The van der Waals surface area contributed by atoms with Gasteiger partial charge < -0.3 is 10.1 Å². The number of benzene rings is 1. The Balaban J connectivity index is 1.86. The fourth-order valence-electron chi connectivity index (χ4n) is 2.39. The van der Waals surface area contributed by atoms with E-state index in [9.17, 15) is 9.59 Å². The van der Waals surface area contributed by atoms with Gasteiger partial charge in [0.25, 0.3) is 0 Å². The third-order valence-corrected chi connectivity index (χ3v) is 3.35. The summed E-state index contributed by atoms with van der Waals surface area (Å²) in [6.07, 6.45) is 0.943. The number of fused-ring (bicyclic) bond motifs is 1. The highest BCUT2D eigenvalue weighted by molar-refractivity contribution is 5.94. The molecule has 0 spiro atoms. The number of nitrogens with zero attached hydrogens (tertiary/aromatic N) is 1. The maximum absolute atomic E-state index is 12.2. The number of ether oxygens (including phenoxy) is 1. The fraction of sp³-hybridized carbons (Fsp3) is 0.500. The van der Waals surface area contributed by atoms with E-state index in [0.29, 0.717) is 13.1 Å². The normalized spacial score (nSPS) is 13.2. The van der Waals surface area contributed by atoms with Crippen LogP contribution in [-0.2, 0) is 16.0 Å². The van der Waals surface area contributed by atoms with Crippen LogP contribution in [0.25, 0.3) is 0 Å². The number of rotatable bonds is 4. The molecule has 1 aliphatic rings. The summed E-state index contributed by atoms with van der Waals surface area (Å²) in [5.74, 6) is -0.289. The number of esters is 1. The molecule has 114 valence electrons. The molecule has 0 bridgehead atoms. The zero-order valence-electron chi connectivity index (χ0n) is 12.8. The Morgan fingerprint density at radius 3 is 2.86 bits per heavy atom. The minimum Gasteiger partial charge on any atom is -0.463 e. The molecule has 0 aliphatic carbocycles. The molecule has 2 rings (SSSR count). The van der Waals surface area contributed by atoms with Gasteiger partial charge in [-0.3, -0.25) is 9.69 Å². The topological polar surface area (TPSA) is 58.6 Å². The second-order valence-electron chi connectivity index (χ2n) is 5.55. The van der Waals surface area contributed by atoms with Crippen molar-refractivity contribution in [2.24, 2.45) is 0 Å². The monoisotopic (exact) mass is 290 g/mol. The molecule has 1 aromatic rings. The molecule has 0 radical (unpaired) electrons. The molecular weight excluding hydrogens is 268 g/mol. The standard InChI is InChI=1S/C16H22N2O3/c1-11(2)21-15(19)6-8-17-16(20)18-9-7-13-5-4-12(3)10-14(13)18/h4-5,10-11H,6-9H2,1-3H3,(H,17,20). The third kappa shape index (κ3) is 3.97. The lowest BCUT2D eigenvalue weighted by molar-refractivity contribution is -0.147. The van der Waals surface area contributed by atoms with Crippen molar-refractivity contribution in [3.8, 4) is 0 Å². The average Bonchev–Trinajstić information content (AvgIpc) is 2.80. The summed E-state index contributed by atoms with van der Waals surface area (Å²) in [7, 11) is 0. The van der Waals surface area contributed by atoms with E-state index >= 15 is 0 Å². The van der Waals surface area contributed by atoms with Crippen molar-refractivity contribution < 1.29 is 14.3 Å². The lowest BCUT2D eigenvalue weighted by Crippen LogP contribution is -2.40. The zero-order valence-corrected chi connectivity index (χ0v) is 12.8. The van der Waals surface area contributed by atoms with Crippen LogP contribution in [0, 0.1) is 6.92 Å². The van der Waals surface area contributed by atoms with Crippen LogP contribution < -0.4 is 10.2 Å². The summed E-state index contributed by atoms with van der Waals surface area (Å²) in [4.78, 5) is 25.3. The number of nitrogens with one attached hydrogen (secondary N) is 1. The molecule has 1 aromatic carbocycles. The van der Waals surface area contributed by atoms with Gasteiger partial charge in [0.2, 0.25) is 0 Å². The molecule has 1 N–H and O–H groups in total. The number of aryl methyl sites for hydroxylation is 1. The van der Waals surface area contributed by atoms with Gasteiger partial charge in [0.05, 0.1) is 12.5 Å². The van der Waals surface area contributed by atoms with Gasteiger partial charge in [-0.2, -0.15) is 0 Å². The summed E-state index contributed by atoms with van der Waals surface area (Å²) in [5, 5.41) is 2.78. The van der Waals surface area contributed by atoms with Crippen LogP contribution in [0.5, 0.6) is 0 Å². The summed E-state index contributed by atoms with van der Waals surface area (Å²) >= 11 is 0. The van der Waals surface area contributed by atoms with Crippen molar-refractivity contribution in [3.63, 3.8) is 0 Å². The number of amides is 2. The van der Waals surface area contributed by atoms with E-state index in [0.717, 1.165) is 17.7 Å². The first-order valence-corrected chi connectivity index (χ1v) is 7.31. The van der Waals surface area contributed by atoms with Gasteiger partial charge >= 0.3 is 12.0 Å². The molecule has 5 heteroatoms. The number of hydrogen-bond donors (Lipinski definition) is 1. The van der Waals surface area contributed by atoms with Gasteiger partial charge in [0, 0.05) is 18.8 Å². The van der Waals surface area contributed by atoms with Gasteiger partial charge in [0.1, 0.15) is 0 Å². The Morgan fingerprint density at radius 1 is 1.38 bits per heavy atom. The quantitative estimate of drug-likeness (QED) is 0.866. The average molecular weight is 290 g/mol. The Morgan fingerprint density at radius 2 is 2.14 bits per heavy atom. The van der Waals surface area contributed by atoms with Crippen molar-refractivity contribution in [3.05, 3.63) is 29.3 Å². The number of carbonyl (C=O) groups excluding carboxylic acids is 2. The van der Waals surface area contributed by atoms with Crippen LogP contribution in [0.1, 0.15) is 31.4 Å². The van der Waals surface area contributed by atoms with Gasteiger partial charge in [-0.25, -0.2) is 4.79 Å². The Bertz CT molecular complexity index is 540. The lowest BCUT2D eigenvalue weighted by atomic mass is 10.1. The van der Waals surface area contributed by atoms with Crippen LogP contribution in [0.4, 0.5) is 10.5 Å². The number of urea groups is 1. The molecular formula is C16H22N2O3. The van der Waals surface area contributed by atoms with Crippen LogP contribution in [0.2, 0.25) is 0 Å². The smallest absolute Gasteiger partial charge is 0.321 e. The summed E-state index contributed by atoms with van der Waals surface area (Å²) in [6.45, 7) is 6.60. The molecule has 0 atom stereocenters. The molecule has 1 heterocycles. The van der Waals surface area contributed by atoms with E-state index in [1.165, 1.54) is 5.56 Å². The summed E-state index contributed by atoms with van der Waals surface area (Å²) in [5.41, 5.74) is 3.29. The predicted molar refractivity (Wildman–Crippen MR) is 81.5 cm³/mol. The highest BCUT2D eigenvalue weighted by atomic mass is 16.5. The van der Waals surface area contributed by atoms with Crippen LogP contribution in [-0.4, -0.2) is 31.2 Å². The fourth-order valence-corrected chi connectivity index (χ4v) is 2.39. The van der Waals surface area contributed by atoms with Gasteiger partial charge in [-0.15, -0.1) is 0 Å². The Labute approximate surface area is 125 Å². The first kappa shape index (κ1) is 15.4. The van der Waals surface area contributed by atoms with E-state index < -0.39 is 0 Å². The highest BCUT2D eigenvalue weighted by Gasteiger charge is 2.24. The maximum Gasteiger partial charge on any atom is 0.321 e. The van der Waals surface area contributed by atoms with Crippen LogP contribution in [0.3, 0.4) is 0 Å². The lowest BCUT2D eigenvalue weighted by Gasteiger charge is -2.18. The van der Waals surface area contributed by atoms with Gasteiger partial charge in [-0.1, -0.05) is 12.1 Å². The van der Waals surface area contributed by atoms with Crippen molar-refractivity contribution >= 4 is 17.7 Å². The highest BCUT2D eigenvalue weighted by Crippen LogP contribution is 2.28. The molecule has 0 saturated heterocycles.